The van der Waals surface area contributed by atoms with Crippen molar-refractivity contribution in [2.45, 2.75) is 32.2 Å². The highest BCUT2D eigenvalue weighted by Gasteiger charge is 2.42. The van der Waals surface area contributed by atoms with Gasteiger partial charge in [0.05, 0.1) is 0 Å². The topological polar surface area (TPSA) is 59.8 Å². The average molecular weight is 296 g/mol. The minimum Gasteiger partial charge on any atom is -0.352 e. The minimum absolute atomic E-state index is 0.225. The van der Waals surface area contributed by atoms with Crippen LogP contribution in [0.2, 0.25) is 0 Å². The summed E-state index contributed by atoms with van der Waals surface area (Å²) in [4.78, 5) is 16.7. The highest BCUT2D eigenvalue weighted by molar-refractivity contribution is 5.79. The molecule has 2 aromatic rings. The molecule has 3 unspecified atom stereocenters. The molecule has 2 fully saturated rings. The van der Waals surface area contributed by atoms with E-state index in [-0.39, 0.29) is 11.8 Å². The monoisotopic (exact) mass is 296 g/mol. The van der Waals surface area contributed by atoms with E-state index in [0.29, 0.717) is 12.5 Å². The molecule has 5 heteroatoms. The summed E-state index contributed by atoms with van der Waals surface area (Å²) in [5, 5.41) is 7.23. The first-order chi connectivity index (χ1) is 10.8. The Bertz CT molecular complexity index is 650. The van der Waals surface area contributed by atoms with Crippen LogP contribution in [-0.2, 0) is 11.3 Å². The molecule has 2 heterocycles. The van der Waals surface area contributed by atoms with Crippen LogP contribution in [0.15, 0.2) is 36.8 Å². The molecule has 1 amide bonds. The van der Waals surface area contributed by atoms with Gasteiger partial charge in [-0.2, -0.15) is 5.10 Å². The number of aromatic nitrogens is 3. The van der Waals surface area contributed by atoms with Crippen molar-refractivity contribution < 1.29 is 4.79 Å². The van der Waals surface area contributed by atoms with Crippen LogP contribution in [0.5, 0.6) is 0 Å². The van der Waals surface area contributed by atoms with Gasteiger partial charge in [0.1, 0.15) is 0 Å². The van der Waals surface area contributed by atoms with Crippen LogP contribution < -0.4 is 5.32 Å². The molecule has 5 nitrogen and oxygen atoms in total. The molecule has 2 aromatic heterocycles. The highest BCUT2D eigenvalue weighted by Crippen LogP contribution is 2.48. The number of nitrogens with zero attached hydrogens (tertiary/aromatic N) is 3. The van der Waals surface area contributed by atoms with Crippen LogP contribution in [0.25, 0.3) is 5.82 Å². The van der Waals surface area contributed by atoms with Gasteiger partial charge in [-0.05, 0) is 48.8 Å². The summed E-state index contributed by atoms with van der Waals surface area (Å²) >= 11 is 0. The Hall–Kier alpha value is -2.17. The highest BCUT2D eigenvalue weighted by atomic mass is 16.1. The Morgan fingerprint density at radius 2 is 2.27 bits per heavy atom. The quantitative estimate of drug-likeness (QED) is 0.942. The predicted molar refractivity (Wildman–Crippen MR) is 82.1 cm³/mol. The summed E-state index contributed by atoms with van der Waals surface area (Å²) in [6.45, 7) is 0.555. The minimum atomic E-state index is 0.225. The van der Waals surface area contributed by atoms with Gasteiger partial charge in [-0.25, -0.2) is 9.67 Å². The van der Waals surface area contributed by atoms with Gasteiger partial charge in [0.2, 0.25) is 5.91 Å². The van der Waals surface area contributed by atoms with Gasteiger partial charge in [-0.15, -0.1) is 0 Å². The lowest BCUT2D eigenvalue weighted by Gasteiger charge is -2.20. The summed E-state index contributed by atoms with van der Waals surface area (Å²) in [6, 6.07) is 5.78. The summed E-state index contributed by atoms with van der Waals surface area (Å²) in [7, 11) is 0. The number of carbonyl (C=O) groups excluding carboxylic acids is 1. The van der Waals surface area contributed by atoms with Gasteiger partial charge in [0.15, 0.2) is 5.82 Å². The smallest absolute Gasteiger partial charge is 0.223 e. The average Bonchev–Trinajstić information content (AvgIpc) is 3.29. The van der Waals surface area contributed by atoms with E-state index in [1.807, 2.05) is 24.4 Å². The van der Waals surface area contributed by atoms with Crippen LogP contribution in [0.3, 0.4) is 0 Å². The Balaban J connectivity index is 1.35. The zero-order chi connectivity index (χ0) is 14.9. The second-order valence-electron chi connectivity index (χ2n) is 6.47. The normalized spacial score (nSPS) is 26.3. The van der Waals surface area contributed by atoms with Gasteiger partial charge in [0.25, 0.3) is 0 Å². The molecule has 0 radical (unpaired) electrons. The van der Waals surface area contributed by atoms with E-state index in [2.05, 4.69) is 15.4 Å². The van der Waals surface area contributed by atoms with Crippen LogP contribution >= 0.6 is 0 Å². The number of pyridine rings is 1. The molecular weight excluding hydrogens is 276 g/mol. The SMILES string of the molecule is O=C(NCc1ccc(-n2cccn2)nc1)C1CC2CCC1C2. The van der Waals surface area contributed by atoms with Crippen molar-refractivity contribution in [3.63, 3.8) is 0 Å². The van der Waals surface area contributed by atoms with Gasteiger partial charge in [-0.3, -0.25) is 4.79 Å². The standard InChI is InChI=1S/C17H20N4O/c22-17(15-9-12-2-4-14(15)8-12)19-11-13-3-5-16(18-10-13)21-7-1-6-20-21/h1,3,5-7,10,12,14-15H,2,4,8-9,11H2,(H,19,22). The molecule has 2 aliphatic carbocycles. The van der Waals surface area contributed by atoms with Crippen LogP contribution in [0.1, 0.15) is 31.2 Å². The third kappa shape index (κ3) is 2.51. The number of carbonyl (C=O) groups is 1. The van der Waals surface area contributed by atoms with Gasteiger partial charge < -0.3 is 5.32 Å². The van der Waals surface area contributed by atoms with Crippen molar-refractivity contribution in [2.24, 2.45) is 17.8 Å². The largest absolute Gasteiger partial charge is 0.352 e. The van der Waals surface area contributed by atoms with Gasteiger partial charge >= 0.3 is 0 Å². The zero-order valence-corrected chi connectivity index (χ0v) is 12.5. The number of fused-ring (bicyclic) bond motifs is 2. The first kappa shape index (κ1) is 13.5. The maximum absolute atomic E-state index is 12.3. The van der Waals surface area contributed by atoms with E-state index < -0.39 is 0 Å². The molecule has 0 saturated heterocycles. The second kappa shape index (κ2) is 5.55. The first-order valence-electron chi connectivity index (χ1n) is 8.02. The van der Waals surface area contributed by atoms with E-state index in [1.165, 1.54) is 19.3 Å². The van der Waals surface area contributed by atoms with Crippen molar-refractivity contribution in [1.82, 2.24) is 20.1 Å². The third-order valence-corrected chi connectivity index (χ3v) is 5.09. The van der Waals surface area contributed by atoms with Crippen molar-refractivity contribution in [2.75, 3.05) is 0 Å². The molecule has 0 aromatic carbocycles. The zero-order valence-electron chi connectivity index (χ0n) is 12.5. The molecule has 4 rings (SSSR count). The summed E-state index contributed by atoms with van der Waals surface area (Å²) in [6.07, 6.45) is 10.3. The number of hydrogen-bond donors (Lipinski definition) is 1. The van der Waals surface area contributed by atoms with Crippen LogP contribution in [0.4, 0.5) is 0 Å². The fourth-order valence-electron chi connectivity index (χ4n) is 3.95. The van der Waals surface area contributed by atoms with Crippen molar-refractivity contribution in [3.05, 3.63) is 42.4 Å². The summed E-state index contributed by atoms with van der Waals surface area (Å²) < 4.78 is 1.72. The summed E-state index contributed by atoms with van der Waals surface area (Å²) in [5.74, 6) is 2.69. The van der Waals surface area contributed by atoms with E-state index in [0.717, 1.165) is 23.7 Å². The Morgan fingerprint density at radius 3 is 2.91 bits per heavy atom. The van der Waals surface area contributed by atoms with Crippen LogP contribution in [0, 0.1) is 17.8 Å². The molecule has 2 bridgehead atoms. The van der Waals surface area contributed by atoms with E-state index in [4.69, 9.17) is 0 Å². The molecular formula is C17H20N4O. The maximum Gasteiger partial charge on any atom is 0.223 e. The van der Waals surface area contributed by atoms with Crippen molar-refractivity contribution in [3.8, 4) is 5.82 Å². The molecule has 3 atom stereocenters. The Morgan fingerprint density at radius 1 is 1.32 bits per heavy atom. The Kier molecular flexibility index (Phi) is 3.41. The van der Waals surface area contributed by atoms with Crippen molar-refractivity contribution >= 4 is 5.91 Å². The lowest BCUT2D eigenvalue weighted by molar-refractivity contribution is -0.126. The third-order valence-electron chi connectivity index (χ3n) is 5.09. The molecule has 2 saturated carbocycles. The van der Waals surface area contributed by atoms with E-state index >= 15 is 0 Å². The number of nitrogens with one attached hydrogen (secondary N) is 1. The summed E-state index contributed by atoms with van der Waals surface area (Å²) in [5.41, 5.74) is 1.02. The van der Waals surface area contributed by atoms with E-state index in [1.54, 1.807) is 17.1 Å². The lowest BCUT2D eigenvalue weighted by atomic mass is 9.88. The number of rotatable bonds is 4. The molecule has 0 spiro atoms. The lowest BCUT2D eigenvalue weighted by Crippen LogP contribution is -2.33. The Labute approximate surface area is 129 Å². The van der Waals surface area contributed by atoms with Gasteiger partial charge in [-0.1, -0.05) is 12.5 Å². The first-order valence-corrected chi connectivity index (χ1v) is 8.02. The number of hydrogen-bond acceptors (Lipinski definition) is 3. The molecule has 0 aliphatic heterocycles. The molecule has 1 N–H and O–H groups in total. The second-order valence-corrected chi connectivity index (χ2v) is 6.47. The fourth-order valence-corrected chi connectivity index (χ4v) is 3.95. The molecule has 114 valence electrons. The molecule has 2 aliphatic rings. The van der Waals surface area contributed by atoms with Crippen LogP contribution in [-0.4, -0.2) is 20.7 Å². The van der Waals surface area contributed by atoms with Gasteiger partial charge in [0, 0.05) is 31.1 Å². The maximum atomic E-state index is 12.3. The van der Waals surface area contributed by atoms with Crippen molar-refractivity contribution in [1.29, 1.82) is 0 Å². The fraction of sp³-hybridized carbons (Fsp3) is 0.471. The predicted octanol–water partition coefficient (Wildman–Crippen LogP) is 2.32. The number of amides is 1. The molecule has 22 heavy (non-hydrogen) atoms. The van der Waals surface area contributed by atoms with E-state index in [9.17, 15) is 4.79 Å².